The van der Waals surface area contributed by atoms with Crippen LogP contribution in [0.4, 0.5) is 5.69 Å². The van der Waals surface area contributed by atoms with Crippen molar-refractivity contribution in [1.29, 1.82) is 0 Å². The molecule has 1 aliphatic heterocycles. The Morgan fingerprint density at radius 1 is 1.26 bits per heavy atom. The van der Waals surface area contributed by atoms with E-state index in [-0.39, 0.29) is 6.04 Å². The summed E-state index contributed by atoms with van der Waals surface area (Å²) in [4.78, 5) is 3.36. The lowest BCUT2D eigenvalue weighted by Crippen LogP contribution is -3.15. The normalized spacial score (nSPS) is 17.9. The van der Waals surface area contributed by atoms with E-state index >= 15 is 0 Å². The molecule has 0 unspecified atom stereocenters. The van der Waals surface area contributed by atoms with Gasteiger partial charge in [-0.15, -0.1) is 11.6 Å². The predicted octanol–water partition coefficient (Wildman–Crippen LogP) is -0.175. The van der Waals surface area contributed by atoms with Crippen LogP contribution in [0.15, 0.2) is 24.3 Å². The fraction of sp³-hybridized carbons (Fsp3) is 0.600. The summed E-state index contributed by atoms with van der Waals surface area (Å²) < 4.78 is 31.4. The molecule has 1 fully saturated rings. The van der Waals surface area contributed by atoms with Gasteiger partial charge in [-0.05, 0) is 12.1 Å². The van der Waals surface area contributed by atoms with Gasteiger partial charge in [-0.1, -0.05) is 12.1 Å². The van der Waals surface area contributed by atoms with Gasteiger partial charge in [0, 0.05) is 25.3 Å². The molecule has 1 atom stereocenters. The van der Waals surface area contributed by atoms with Crippen molar-refractivity contribution in [3.8, 4) is 0 Å². The second-order valence-corrected chi connectivity index (χ2v) is 8.27. The van der Waals surface area contributed by atoms with Crippen LogP contribution >= 0.6 is 11.6 Å². The highest BCUT2D eigenvalue weighted by atomic mass is 35.5. The highest BCUT2D eigenvalue weighted by molar-refractivity contribution is 7.90. The summed E-state index contributed by atoms with van der Waals surface area (Å²) in [5, 5.41) is -0.419. The number of hydrogen-bond donors (Lipinski definition) is 2. The molecule has 1 aromatic carbocycles. The number of alkyl halides is 1. The molecular weight excluding hydrogens is 338 g/mol. The zero-order chi connectivity index (χ0) is 16.9. The second kappa shape index (κ2) is 8.30. The molecule has 1 saturated heterocycles. The number of quaternary nitrogens is 1. The van der Waals surface area contributed by atoms with Crippen LogP contribution in [0.5, 0.6) is 0 Å². The first-order valence-corrected chi connectivity index (χ1v) is 9.84. The fourth-order valence-corrected chi connectivity index (χ4v) is 3.46. The standard InChI is InChI=1S/C15H24ClN3O3S/c1-18(2)14-5-3-13(4-6-14)15(11-17-23(20,21)12-16)19-7-9-22-10-8-19/h3-6,15,17H,7-12H2,1-2H3/p+1/t15-/m0/s1. The van der Waals surface area contributed by atoms with Crippen molar-refractivity contribution in [1.82, 2.24) is 4.72 Å². The number of morpholine rings is 1. The minimum Gasteiger partial charge on any atom is -0.378 e. The predicted molar refractivity (Wildman–Crippen MR) is 92.7 cm³/mol. The summed E-state index contributed by atoms with van der Waals surface area (Å²) in [5.41, 5.74) is 2.23. The van der Waals surface area contributed by atoms with Gasteiger partial charge < -0.3 is 14.5 Å². The average molecular weight is 363 g/mol. The number of hydrogen-bond acceptors (Lipinski definition) is 4. The van der Waals surface area contributed by atoms with E-state index in [9.17, 15) is 8.42 Å². The van der Waals surface area contributed by atoms with E-state index in [1.165, 1.54) is 4.90 Å². The number of rotatable bonds is 7. The smallest absolute Gasteiger partial charge is 0.225 e. The molecule has 0 radical (unpaired) electrons. The molecular formula is C15H25ClN3O3S+. The minimum absolute atomic E-state index is 0.0492. The molecule has 0 amide bonds. The van der Waals surface area contributed by atoms with Gasteiger partial charge in [-0.2, -0.15) is 0 Å². The molecule has 1 aliphatic rings. The molecule has 0 aliphatic carbocycles. The van der Waals surface area contributed by atoms with Crippen LogP contribution in [0.3, 0.4) is 0 Å². The van der Waals surface area contributed by atoms with Crippen molar-refractivity contribution in [2.45, 2.75) is 6.04 Å². The Morgan fingerprint density at radius 2 is 1.87 bits per heavy atom. The Hall–Kier alpha value is -0.860. The van der Waals surface area contributed by atoms with Crippen molar-refractivity contribution < 1.29 is 18.1 Å². The first kappa shape index (κ1) is 18.5. The highest BCUT2D eigenvalue weighted by Gasteiger charge is 2.27. The van der Waals surface area contributed by atoms with Gasteiger partial charge in [-0.3, -0.25) is 0 Å². The average Bonchev–Trinajstić information content (AvgIpc) is 2.56. The molecule has 6 nitrogen and oxygen atoms in total. The number of anilines is 1. The van der Waals surface area contributed by atoms with Crippen LogP contribution in [0.25, 0.3) is 0 Å². The van der Waals surface area contributed by atoms with Crippen molar-refractivity contribution in [2.24, 2.45) is 0 Å². The zero-order valence-electron chi connectivity index (χ0n) is 13.6. The van der Waals surface area contributed by atoms with Crippen LogP contribution in [0, 0.1) is 0 Å². The Bertz CT molecular complexity index is 586. The molecule has 130 valence electrons. The fourth-order valence-electron chi connectivity index (χ4n) is 2.73. The lowest BCUT2D eigenvalue weighted by molar-refractivity contribution is -0.937. The number of nitrogens with one attached hydrogen (secondary N) is 2. The van der Waals surface area contributed by atoms with Gasteiger partial charge in [0.05, 0.1) is 19.8 Å². The van der Waals surface area contributed by atoms with Crippen LogP contribution in [0.1, 0.15) is 11.6 Å². The highest BCUT2D eigenvalue weighted by Crippen LogP contribution is 2.16. The summed E-state index contributed by atoms with van der Waals surface area (Å²) in [5.74, 6) is 0. The number of nitrogens with zero attached hydrogens (tertiary/aromatic N) is 1. The number of ether oxygens (including phenoxy) is 1. The molecule has 0 spiro atoms. The summed E-state index contributed by atoms with van der Waals surface area (Å²) >= 11 is 5.48. The third-order valence-electron chi connectivity index (χ3n) is 4.09. The van der Waals surface area contributed by atoms with E-state index in [0.717, 1.165) is 24.3 Å². The number of benzene rings is 1. The van der Waals surface area contributed by atoms with Gasteiger partial charge in [0.15, 0.2) is 0 Å². The molecule has 1 aromatic rings. The van der Waals surface area contributed by atoms with Gasteiger partial charge in [0.25, 0.3) is 0 Å². The molecule has 0 bridgehead atoms. The van der Waals surface area contributed by atoms with E-state index < -0.39 is 15.2 Å². The third-order valence-corrected chi connectivity index (χ3v) is 5.85. The third kappa shape index (κ3) is 5.32. The quantitative estimate of drug-likeness (QED) is 0.661. The van der Waals surface area contributed by atoms with Crippen molar-refractivity contribution in [2.75, 3.05) is 57.1 Å². The van der Waals surface area contributed by atoms with E-state index in [4.69, 9.17) is 16.3 Å². The van der Waals surface area contributed by atoms with E-state index in [2.05, 4.69) is 29.0 Å². The number of halogens is 1. The van der Waals surface area contributed by atoms with Crippen LogP contribution in [-0.4, -0.2) is 60.6 Å². The van der Waals surface area contributed by atoms with Gasteiger partial charge in [0.1, 0.15) is 24.3 Å². The molecule has 0 aromatic heterocycles. The lowest BCUT2D eigenvalue weighted by atomic mass is 10.0. The van der Waals surface area contributed by atoms with E-state index in [0.29, 0.717) is 19.8 Å². The molecule has 2 rings (SSSR count). The summed E-state index contributed by atoms with van der Waals surface area (Å²) in [6.07, 6.45) is 0. The van der Waals surface area contributed by atoms with Crippen LogP contribution in [-0.2, 0) is 14.8 Å². The zero-order valence-corrected chi connectivity index (χ0v) is 15.2. The largest absolute Gasteiger partial charge is 0.378 e. The van der Waals surface area contributed by atoms with Gasteiger partial charge in [-0.25, -0.2) is 13.1 Å². The maximum absolute atomic E-state index is 11.7. The molecule has 0 saturated carbocycles. The van der Waals surface area contributed by atoms with Crippen molar-refractivity contribution in [3.63, 3.8) is 0 Å². The first-order valence-electron chi connectivity index (χ1n) is 7.66. The summed E-state index contributed by atoms with van der Waals surface area (Å²) in [6.45, 7) is 3.46. The molecule has 2 N–H and O–H groups in total. The molecule has 8 heteroatoms. The first-order chi connectivity index (χ1) is 10.9. The SMILES string of the molecule is CN(C)c1ccc([C@H](CNS(=O)(=O)CCl)[NH+]2CCOCC2)cc1. The van der Waals surface area contributed by atoms with Crippen LogP contribution < -0.4 is 14.5 Å². The Balaban J connectivity index is 2.17. The van der Waals surface area contributed by atoms with Gasteiger partial charge >= 0.3 is 0 Å². The van der Waals surface area contributed by atoms with E-state index in [1.807, 2.05) is 19.0 Å². The molecule has 23 heavy (non-hydrogen) atoms. The summed E-state index contributed by atoms with van der Waals surface area (Å²) in [6, 6.07) is 8.29. The molecule has 1 heterocycles. The van der Waals surface area contributed by atoms with E-state index in [1.54, 1.807) is 0 Å². The summed E-state index contributed by atoms with van der Waals surface area (Å²) in [7, 11) is 0.569. The Kier molecular flexibility index (Phi) is 6.67. The minimum atomic E-state index is -3.42. The van der Waals surface area contributed by atoms with Crippen molar-refractivity contribution in [3.05, 3.63) is 29.8 Å². The maximum Gasteiger partial charge on any atom is 0.225 e. The van der Waals surface area contributed by atoms with Crippen LogP contribution in [0.2, 0.25) is 0 Å². The topological polar surface area (TPSA) is 63.1 Å². The van der Waals surface area contributed by atoms with Crippen molar-refractivity contribution >= 4 is 27.3 Å². The second-order valence-electron chi connectivity index (χ2n) is 5.88. The lowest BCUT2D eigenvalue weighted by Gasteiger charge is -2.32. The number of sulfonamides is 1. The Morgan fingerprint density at radius 3 is 2.39 bits per heavy atom. The van der Waals surface area contributed by atoms with Gasteiger partial charge in [0.2, 0.25) is 10.0 Å². The monoisotopic (exact) mass is 362 g/mol. The maximum atomic E-state index is 11.7. The Labute approximate surface area is 143 Å².